The topological polar surface area (TPSA) is 51.7 Å². The van der Waals surface area contributed by atoms with E-state index in [9.17, 15) is 4.79 Å². The van der Waals surface area contributed by atoms with Gasteiger partial charge < -0.3 is 9.47 Å². The van der Waals surface area contributed by atoms with E-state index in [1.807, 2.05) is 54.0 Å². The van der Waals surface area contributed by atoms with E-state index in [1.165, 1.54) is 18.4 Å². The fourth-order valence-electron chi connectivity index (χ4n) is 2.86. The summed E-state index contributed by atoms with van der Waals surface area (Å²) in [5.74, 6) is 0.563. The number of esters is 1. The lowest BCUT2D eigenvalue weighted by molar-refractivity contribution is 0.0607. The average molecular weight is 397 g/mol. The fourth-order valence-corrected chi connectivity index (χ4v) is 3.67. The van der Waals surface area contributed by atoms with E-state index in [0.29, 0.717) is 11.5 Å². The summed E-state index contributed by atoms with van der Waals surface area (Å²) in [6.07, 6.45) is 1.87. The van der Waals surface area contributed by atoms with Crippen LogP contribution in [0, 0.1) is 0 Å². The summed E-state index contributed by atoms with van der Waals surface area (Å²) in [4.78, 5) is 19.3. The second-order valence-electron chi connectivity index (χ2n) is 6.24. The molecule has 0 spiro atoms. The number of nitrogens with zero attached hydrogens (tertiary/aromatic N) is 2. The third-order valence-electron chi connectivity index (χ3n) is 4.41. The predicted molar refractivity (Wildman–Crippen MR) is 112 cm³/mol. The van der Waals surface area contributed by atoms with Crippen LogP contribution in [0.25, 0.3) is 11.3 Å². The Morgan fingerprint density at radius 1 is 1.14 bits per heavy atom. The van der Waals surface area contributed by atoms with Gasteiger partial charge in [0, 0.05) is 24.8 Å². The smallest absolute Gasteiger partial charge is 0.348 e. The van der Waals surface area contributed by atoms with Crippen LogP contribution in [0.2, 0.25) is 0 Å². The van der Waals surface area contributed by atoms with Crippen LogP contribution >= 0.6 is 11.3 Å². The molecule has 146 valence electrons. The van der Waals surface area contributed by atoms with Gasteiger partial charge in [0.2, 0.25) is 0 Å². The lowest BCUT2D eigenvalue weighted by atomic mass is 10.1. The van der Waals surface area contributed by atoms with Gasteiger partial charge in [0.15, 0.2) is 0 Å². The summed E-state index contributed by atoms with van der Waals surface area (Å²) in [6.45, 7) is 5.34. The Bertz CT molecular complexity index is 878. The molecular weight excluding hydrogens is 372 g/mol. The second kappa shape index (κ2) is 10.0. The quantitative estimate of drug-likeness (QED) is 0.499. The number of aromatic nitrogens is 1. The van der Waals surface area contributed by atoms with Crippen LogP contribution in [0.5, 0.6) is 5.75 Å². The summed E-state index contributed by atoms with van der Waals surface area (Å²) in [5, 5.41) is 1.88. The number of likely N-dealkylation sites (N-methyl/N-ethyl adjacent to an activating group) is 1. The lowest BCUT2D eigenvalue weighted by Crippen LogP contribution is -2.27. The van der Waals surface area contributed by atoms with Crippen molar-refractivity contribution >= 4 is 17.3 Å². The van der Waals surface area contributed by atoms with Crippen molar-refractivity contribution in [2.24, 2.45) is 0 Å². The highest BCUT2D eigenvalue weighted by atomic mass is 32.1. The zero-order valence-electron chi connectivity index (χ0n) is 16.1. The summed E-state index contributed by atoms with van der Waals surface area (Å²) in [6, 6.07) is 15.8. The molecule has 0 aliphatic heterocycles. The van der Waals surface area contributed by atoms with Crippen molar-refractivity contribution in [3.05, 3.63) is 70.5 Å². The third-order valence-corrected chi connectivity index (χ3v) is 5.30. The van der Waals surface area contributed by atoms with E-state index >= 15 is 0 Å². The van der Waals surface area contributed by atoms with Gasteiger partial charge in [0.05, 0.1) is 12.8 Å². The Balaban J connectivity index is 1.58. The normalized spacial score (nSPS) is 10.8. The first-order valence-corrected chi connectivity index (χ1v) is 10.1. The lowest BCUT2D eigenvalue weighted by Gasteiger charge is -2.20. The average Bonchev–Trinajstić information content (AvgIpc) is 3.23. The van der Waals surface area contributed by atoms with Gasteiger partial charge in [-0.1, -0.05) is 31.2 Å². The molecule has 0 N–H and O–H groups in total. The molecule has 0 fully saturated rings. The summed E-state index contributed by atoms with van der Waals surface area (Å²) in [7, 11) is 1.39. The highest BCUT2D eigenvalue weighted by Gasteiger charge is 2.16. The molecule has 28 heavy (non-hydrogen) atoms. The van der Waals surface area contributed by atoms with E-state index in [1.54, 1.807) is 0 Å². The molecule has 0 saturated carbocycles. The molecule has 1 aromatic carbocycles. The molecule has 0 amide bonds. The van der Waals surface area contributed by atoms with Gasteiger partial charge in [-0.3, -0.25) is 9.88 Å². The number of para-hydroxylation sites is 1. The van der Waals surface area contributed by atoms with Gasteiger partial charge in [0.1, 0.15) is 17.2 Å². The number of thiophene rings is 1. The number of rotatable bonds is 9. The monoisotopic (exact) mass is 396 g/mol. The van der Waals surface area contributed by atoms with Gasteiger partial charge in [-0.25, -0.2) is 4.79 Å². The van der Waals surface area contributed by atoms with Crippen LogP contribution in [0.15, 0.2) is 60.1 Å². The molecule has 2 heterocycles. The molecule has 3 aromatic rings. The Morgan fingerprint density at radius 3 is 2.64 bits per heavy atom. The Morgan fingerprint density at radius 2 is 1.96 bits per heavy atom. The van der Waals surface area contributed by atoms with Gasteiger partial charge in [-0.05, 0) is 41.8 Å². The number of hydrogen-bond acceptors (Lipinski definition) is 6. The summed E-state index contributed by atoms with van der Waals surface area (Å²) < 4.78 is 10.6. The zero-order valence-corrected chi connectivity index (χ0v) is 16.9. The van der Waals surface area contributed by atoms with Crippen LogP contribution in [-0.2, 0) is 11.3 Å². The maximum absolute atomic E-state index is 11.9. The predicted octanol–water partition coefficient (Wildman–Crippen LogP) is 4.50. The molecule has 0 radical (unpaired) electrons. The molecule has 3 rings (SSSR count). The molecule has 5 nitrogen and oxygen atoms in total. The molecule has 0 unspecified atom stereocenters. The number of carbonyl (C=O) groups is 1. The highest BCUT2D eigenvalue weighted by Crippen LogP contribution is 2.27. The molecule has 0 aliphatic carbocycles. The van der Waals surface area contributed by atoms with Crippen LogP contribution in [0.3, 0.4) is 0 Å². The minimum atomic E-state index is -0.327. The van der Waals surface area contributed by atoms with E-state index in [4.69, 9.17) is 9.47 Å². The van der Waals surface area contributed by atoms with E-state index in [0.717, 1.165) is 42.2 Å². The fraction of sp³-hybridized carbons (Fsp3) is 0.273. The van der Waals surface area contributed by atoms with Crippen LogP contribution in [0.1, 0.15) is 22.2 Å². The number of carbonyl (C=O) groups excluding carboxylic acids is 1. The summed E-state index contributed by atoms with van der Waals surface area (Å²) in [5.41, 5.74) is 2.72. The van der Waals surface area contributed by atoms with Crippen molar-refractivity contribution in [3.63, 3.8) is 0 Å². The van der Waals surface area contributed by atoms with E-state index in [2.05, 4.69) is 22.9 Å². The molecule has 0 atom stereocenters. The number of benzene rings is 1. The number of methoxy groups -OCH3 is 1. The largest absolute Gasteiger partial charge is 0.492 e. The minimum absolute atomic E-state index is 0.327. The van der Waals surface area contributed by atoms with Crippen molar-refractivity contribution in [2.45, 2.75) is 13.5 Å². The van der Waals surface area contributed by atoms with Crippen molar-refractivity contribution in [1.82, 2.24) is 9.88 Å². The third kappa shape index (κ3) is 5.18. The van der Waals surface area contributed by atoms with E-state index in [-0.39, 0.29) is 5.97 Å². The molecular formula is C22H24N2O3S. The maximum Gasteiger partial charge on any atom is 0.348 e. The van der Waals surface area contributed by atoms with Crippen molar-refractivity contribution in [2.75, 3.05) is 26.8 Å². The van der Waals surface area contributed by atoms with Gasteiger partial charge >= 0.3 is 5.97 Å². The first-order chi connectivity index (χ1) is 13.7. The number of ether oxygens (including phenoxy) is 2. The van der Waals surface area contributed by atoms with Gasteiger partial charge in [-0.2, -0.15) is 0 Å². The standard InChI is InChI=1S/C22H24N2O3S/c1-3-24(12-13-27-18-7-5-4-6-8-18)16-17-9-10-20(23-15-17)19-11-14-28-21(19)22(25)26-2/h4-11,14-15H,3,12-13,16H2,1-2H3. The number of pyridine rings is 1. The molecule has 2 aromatic heterocycles. The Hall–Kier alpha value is -2.70. The van der Waals surface area contributed by atoms with Crippen molar-refractivity contribution in [3.8, 4) is 17.0 Å². The maximum atomic E-state index is 11.9. The zero-order chi connectivity index (χ0) is 19.8. The Labute approximate surface area is 169 Å². The molecule has 6 heteroatoms. The highest BCUT2D eigenvalue weighted by molar-refractivity contribution is 7.12. The van der Waals surface area contributed by atoms with Crippen LogP contribution in [0.4, 0.5) is 0 Å². The van der Waals surface area contributed by atoms with Gasteiger partial charge in [0.25, 0.3) is 0 Å². The molecule has 0 bridgehead atoms. The Kier molecular flexibility index (Phi) is 7.17. The minimum Gasteiger partial charge on any atom is -0.492 e. The van der Waals surface area contributed by atoms with Crippen molar-refractivity contribution < 1.29 is 14.3 Å². The SMILES string of the molecule is CCN(CCOc1ccccc1)Cc1ccc(-c2ccsc2C(=O)OC)nc1. The van der Waals surface area contributed by atoms with Gasteiger partial charge in [-0.15, -0.1) is 11.3 Å². The van der Waals surface area contributed by atoms with Crippen molar-refractivity contribution in [1.29, 1.82) is 0 Å². The second-order valence-corrected chi connectivity index (χ2v) is 7.15. The first-order valence-electron chi connectivity index (χ1n) is 9.22. The molecule has 0 aliphatic rings. The van der Waals surface area contributed by atoms with E-state index < -0.39 is 0 Å². The van der Waals surface area contributed by atoms with Crippen LogP contribution in [-0.4, -0.2) is 42.7 Å². The number of hydrogen-bond donors (Lipinski definition) is 0. The summed E-state index contributed by atoms with van der Waals surface area (Å²) >= 11 is 1.37. The first kappa shape index (κ1) is 20.0. The van der Waals surface area contributed by atoms with Crippen LogP contribution < -0.4 is 4.74 Å². The molecule has 0 saturated heterocycles.